The summed E-state index contributed by atoms with van der Waals surface area (Å²) in [6, 6.07) is 2.07. The van der Waals surface area contributed by atoms with E-state index in [2.05, 4.69) is 27.0 Å². The molecule has 0 atom stereocenters. The minimum atomic E-state index is 0.216. The average molecular weight is 332 g/mol. The molecule has 1 fully saturated rings. The monoisotopic (exact) mass is 332 g/mol. The van der Waals surface area contributed by atoms with Crippen molar-refractivity contribution in [1.82, 2.24) is 0 Å². The first-order chi connectivity index (χ1) is 11.6. The molecule has 1 saturated heterocycles. The lowest BCUT2D eigenvalue weighted by Gasteiger charge is -2.37. The topological polar surface area (TPSA) is 35.5 Å². The minimum absolute atomic E-state index is 0.216. The maximum absolute atomic E-state index is 13.3. The third kappa shape index (κ3) is 3.30. The number of hydrogen-bond acceptors (Lipinski definition) is 3. The van der Waals surface area contributed by atoms with Crippen molar-refractivity contribution >= 4 is 5.78 Å². The summed E-state index contributed by atoms with van der Waals surface area (Å²) in [6.07, 6.45) is 5.49. The number of fused-ring (bicyclic) bond motifs is 1. The Balaban J connectivity index is 1.99. The summed E-state index contributed by atoms with van der Waals surface area (Å²) in [7, 11) is 2.22. The first kappa shape index (κ1) is 17.3. The lowest BCUT2D eigenvalue weighted by molar-refractivity contribution is -0.906. The molecule has 0 unspecified atom stereocenters. The highest BCUT2D eigenvalue weighted by Crippen LogP contribution is 2.39. The van der Waals surface area contributed by atoms with Gasteiger partial charge >= 0.3 is 0 Å². The number of hydrogen-bond donors (Lipinski definition) is 0. The molecule has 2 heterocycles. The van der Waals surface area contributed by atoms with Gasteiger partial charge in [0.15, 0.2) is 11.5 Å². The van der Waals surface area contributed by atoms with Gasteiger partial charge in [-0.2, -0.15) is 0 Å². The number of likely N-dealkylation sites (N-methyl/N-ethyl adjacent to an activating group) is 1. The summed E-state index contributed by atoms with van der Waals surface area (Å²) in [5, 5.41) is 0. The van der Waals surface area contributed by atoms with Gasteiger partial charge in [-0.15, -0.1) is 0 Å². The molecular formula is C20H30NO3+. The van der Waals surface area contributed by atoms with Crippen LogP contribution in [0.25, 0.3) is 0 Å². The van der Waals surface area contributed by atoms with Crippen LogP contribution in [0, 0.1) is 0 Å². The van der Waals surface area contributed by atoms with Crippen LogP contribution < -0.4 is 9.47 Å². The normalized spacial score (nSPS) is 19.1. The fraction of sp³-hybridized carbons (Fsp3) is 0.650. The van der Waals surface area contributed by atoms with Crippen LogP contribution in [-0.4, -0.2) is 50.2 Å². The number of ketones is 1. The molecule has 132 valence electrons. The van der Waals surface area contributed by atoms with Crippen molar-refractivity contribution in [3.05, 3.63) is 22.8 Å². The fourth-order valence-corrected chi connectivity index (χ4v) is 4.15. The zero-order valence-electron chi connectivity index (χ0n) is 15.3. The summed E-state index contributed by atoms with van der Waals surface area (Å²) < 4.78 is 12.5. The zero-order valence-corrected chi connectivity index (χ0v) is 15.3. The van der Waals surface area contributed by atoms with Crippen LogP contribution in [0.4, 0.5) is 0 Å². The summed E-state index contributed by atoms with van der Waals surface area (Å²) in [6.45, 7) is 8.10. The van der Waals surface area contributed by atoms with Gasteiger partial charge in [0.05, 0.1) is 25.7 Å². The van der Waals surface area contributed by atoms with Gasteiger partial charge in [-0.1, -0.05) is 13.8 Å². The number of rotatable bonds is 5. The molecule has 1 aromatic carbocycles. The predicted molar refractivity (Wildman–Crippen MR) is 95.2 cm³/mol. The first-order valence-electron chi connectivity index (χ1n) is 9.39. The third-order valence-corrected chi connectivity index (χ3v) is 5.47. The number of ether oxygens (including phenoxy) is 2. The second-order valence-electron chi connectivity index (χ2n) is 7.33. The van der Waals surface area contributed by atoms with E-state index in [0.717, 1.165) is 47.3 Å². The van der Waals surface area contributed by atoms with Crippen LogP contribution in [0.3, 0.4) is 0 Å². The van der Waals surface area contributed by atoms with Crippen LogP contribution in [0.1, 0.15) is 54.6 Å². The van der Waals surface area contributed by atoms with Gasteiger partial charge in [-0.25, -0.2) is 0 Å². The molecule has 2 aliphatic heterocycles. The number of nitrogens with zero attached hydrogens (tertiary/aromatic N) is 1. The van der Waals surface area contributed by atoms with Crippen LogP contribution in [0.2, 0.25) is 0 Å². The SMILES string of the molecule is CCc1cc2c(c(C(=O)C[N+]3(C)CCCCC3)c1CC)OCCO2. The van der Waals surface area contributed by atoms with Crippen LogP contribution in [0.5, 0.6) is 11.5 Å². The van der Waals surface area contributed by atoms with Gasteiger partial charge in [-0.3, -0.25) is 4.79 Å². The van der Waals surface area contributed by atoms with Crippen LogP contribution in [0.15, 0.2) is 6.07 Å². The van der Waals surface area contributed by atoms with Crippen molar-refractivity contribution in [2.45, 2.75) is 46.0 Å². The number of benzene rings is 1. The van der Waals surface area contributed by atoms with Crippen molar-refractivity contribution < 1.29 is 18.8 Å². The molecule has 0 amide bonds. The van der Waals surface area contributed by atoms with Gasteiger partial charge in [0.1, 0.15) is 19.8 Å². The van der Waals surface area contributed by atoms with E-state index in [1.807, 2.05) is 0 Å². The van der Waals surface area contributed by atoms with E-state index in [9.17, 15) is 4.79 Å². The molecule has 2 aliphatic rings. The van der Waals surface area contributed by atoms with Crippen molar-refractivity contribution in [3.8, 4) is 11.5 Å². The van der Waals surface area contributed by atoms with Gasteiger partial charge in [0.25, 0.3) is 0 Å². The van der Waals surface area contributed by atoms with Crippen molar-refractivity contribution in [2.75, 3.05) is 39.9 Å². The molecular weight excluding hydrogens is 302 g/mol. The highest BCUT2D eigenvalue weighted by atomic mass is 16.6. The van der Waals surface area contributed by atoms with E-state index in [-0.39, 0.29) is 5.78 Å². The number of carbonyl (C=O) groups excluding carboxylic acids is 1. The molecule has 0 radical (unpaired) electrons. The van der Waals surface area contributed by atoms with Gasteiger partial charge < -0.3 is 14.0 Å². The summed E-state index contributed by atoms with van der Waals surface area (Å²) in [5.74, 6) is 1.65. The van der Waals surface area contributed by atoms with Crippen molar-refractivity contribution in [3.63, 3.8) is 0 Å². The molecule has 0 N–H and O–H groups in total. The number of aryl methyl sites for hydroxylation is 1. The highest BCUT2D eigenvalue weighted by molar-refractivity contribution is 6.02. The number of quaternary nitrogens is 1. The molecule has 3 rings (SSSR count). The Morgan fingerprint density at radius 1 is 1.08 bits per heavy atom. The Morgan fingerprint density at radius 3 is 2.46 bits per heavy atom. The van der Waals surface area contributed by atoms with Gasteiger partial charge in [0, 0.05) is 0 Å². The molecule has 0 aliphatic carbocycles. The maximum atomic E-state index is 13.3. The van der Waals surface area contributed by atoms with Crippen LogP contribution >= 0.6 is 0 Å². The lowest BCUT2D eigenvalue weighted by Crippen LogP contribution is -2.51. The molecule has 4 nitrogen and oxygen atoms in total. The van der Waals surface area contributed by atoms with Gasteiger partial charge in [-0.05, 0) is 49.3 Å². The van der Waals surface area contributed by atoms with E-state index in [4.69, 9.17) is 9.47 Å². The van der Waals surface area contributed by atoms with E-state index >= 15 is 0 Å². The molecule has 0 aromatic heterocycles. The van der Waals surface area contributed by atoms with E-state index in [1.165, 1.54) is 24.8 Å². The molecule has 4 heteroatoms. The van der Waals surface area contributed by atoms with E-state index < -0.39 is 0 Å². The average Bonchev–Trinajstić information content (AvgIpc) is 2.59. The smallest absolute Gasteiger partial charge is 0.221 e. The second kappa shape index (κ2) is 7.14. The number of Topliss-reactive ketones (excluding diaryl/α,β-unsaturated/α-hetero) is 1. The van der Waals surface area contributed by atoms with Crippen molar-refractivity contribution in [1.29, 1.82) is 0 Å². The summed E-state index contributed by atoms with van der Waals surface area (Å²) >= 11 is 0. The Bertz CT molecular complexity index is 604. The Morgan fingerprint density at radius 2 is 1.79 bits per heavy atom. The van der Waals surface area contributed by atoms with Gasteiger partial charge in [0.2, 0.25) is 5.78 Å². The Hall–Kier alpha value is -1.55. The molecule has 24 heavy (non-hydrogen) atoms. The molecule has 1 aromatic rings. The summed E-state index contributed by atoms with van der Waals surface area (Å²) in [4.78, 5) is 13.3. The first-order valence-corrected chi connectivity index (χ1v) is 9.39. The summed E-state index contributed by atoms with van der Waals surface area (Å²) in [5.41, 5.74) is 3.15. The number of likely N-dealkylation sites (tertiary alicyclic amines) is 1. The van der Waals surface area contributed by atoms with E-state index in [1.54, 1.807) is 0 Å². The minimum Gasteiger partial charge on any atom is -0.486 e. The second-order valence-corrected chi connectivity index (χ2v) is 7.33. The fourth-order valence-electron chi connectivity index (χ4n) is 4.15. The number of piperidine rings is 1. The maximum Gasteiger partial charge on any atom is 0.221 e. The Kier molecular flexibility index (Phi) is 5.14. The van der Waals surface area contributed by atoms with Crippen LogP contribution in [-0.2, 0) is 12.8 Å². The molecule has 0 bridgehead atoms. The Labute approximate surface area is 145 Å². The molecule has 0 spiro atoms. The largest absolute Gasteiger partial charge is 0.486 e. The van der Waals surface area contributed by atoms with Crippen molar-refractivity contribution in [2.24, 2.45) is 0 Å². The quantitative estimate of drug-likeness (QED) is 0.612. The molecule has 0 saturated carbocycles. The zero-order chi connectivity index (χ0) is 17.2. The lowest BCUT2D eigenvalue weighted by atomic mass is 9.92. The number of carbonyl (C=O) groups is 1. The standard InChI is InChI=1S/C20H30NO3/c1-4-15-13-18-20(24-12-11-23-18)19(16(15)5-2)17(22)14-21(3)9-7-6-8-10-21/h13H,4-12,14H2,1-3H3/q+1. The third-order valence-electron chi connectivity index (χ3n) is 5.47. The predicted octanol–water partition coefficient (Wildman–Crippen LogP) is 3.40. The van der Waals surface area contributed by atoms with E-state index in [0.29, 0.717) is 25.5 Å². The highest BCUT2D eigenvalue weighted by Gasteiger charge is 2.33.